The Balaban J connectivity index is 2.64. The van der Waals surface area contributed by atoms with Crippen molar-refractivity contribution in [1.82, 2.24) is 5.32 Å². The van der Waals surface area contributed by atoms with E-state index in [2.05, 4.69) is 31.3 Å². The van der Waals surface area contributed by atoms with E-state index < -0.39 is 0 Å². The van der Waals surface area contributed by atoms with Crippen molar-refractivity contribution in [3.63, 3.8) is 0 Å². The van der Waals surface area contributed by atoms with Gasteiger partial charge in [-0.25, -0.2) is 0 Å². The minimum atomic E-state index is 0.412. The van der Waals surface area contributed by atoms with Gasteiger partial charge in [0.2, 0.25) is 0 Å². The Kier molecular flexibility index (Phi) is 7.30. The maximum Gasteiger partial charge on any atom is 0.0453 e. The van der Waals surface area contributed by atoms with Crippen LogP contribution in [0.15, 0.2) is 24.3 Å². The van der Waals surface area contributed by atoms with Crippen molar-refractivity contribution in [2.75, 3.05) is 6.54 Å². The van der Waals surface area contributed by atoms with Crippen molar-refractivity contribution >= 4 is 11.6 Å². The fraction of sp³-hybridized carbons (Fsp3) is 0.600. The van der Waals surface area contributed by atoms with Crippen molar-refractivity contribution in [3.05, 3.63) is 34.9 Å². The van der Waals surface area contributed by atoms with Crippen LogP contribution in [0.4, 0.5) is 0 Å². The lowest BCUT2D eigenvalue weighted by Crippen LogP contribution is -2.22. The molecule has 0 spiro atoms. The first-order valence-electron chi connectivity index (χ1n) is 6.77. The van der Waals surface area contributed by atoms with Gasteiger partial charge in [0.25, 0.3) is 0 Å². The standard InChI is InChI=1S/C15H24ClN/c1-3-5-6-11-15(17-12-4-2)13-9-7-8-10-14(13)16/h7-10,15,17H,3-6,11-12H2,1-2H3. The SMILES string of the molecule is CCCCCC(NCCC)c1ccccc1Cl. The van der Waals surface area contributed by atoms with E-state index in [-0.39, 0.29) is 0 Å². The molecule has 0 aliphatic heterocycles. The summed E-state index contributed by atoms with van der Waals surface area (Å²) in [5.74, 6) is 0. The van der Waals surface area contributed by atoms with Crippen molar-refractivity contribution in [2.45, 2.75) is 52.0 Å². The van der Waals surface area contributed by atoms with Crippen LogP contribution < -0.4 is 5.32 Å². The number of rotatable bonds is 8. The number of halogens is 1. The van der Waals surface area contributed by atoms with Gasteiger partial charge in [0, 0.05) is 11.1 Å². The summed E-state index contributed by atoms with van der Waals surface area (Å²) in [6.07, 6.45) is 6.17. The molecule has 0 aromatic heterocycles. The summed E-state index contributed by atoms with van der Waals surface area (Å²) in [6.45, 7) is 5.49. The molecule has 0 fully saturated rings. The van der Waals surface area contributed by atoms with Gasteiger partial charge in [-0.15, -0.1) is 0 Å². The molecule has 96 valence electrons. The second-order valence-corrected chi connectivity index (χ2v) is 4.93. The van der Waals surface area contributed by atoms with Crippen LogP contribution >= 0.6 is 11.6 Å². The van der Waals surface area contributed by atoms with Crippen LogP contribution in [0.5, 0.6) is 0 Å². The lowest BCUT2D eigenvalue weighted by atomic mass is 10.00. The third kappa shape index (κ3) is 5.10. The summed E-state index contributed by atoms with van der Waals surface area (Å²) in [7, 11) is 0. The predicted molar refractivity (Wildman–Crippen MR) is 76.6 cm³/mol. The topological polar surface area (TPSA) is 12.0 Å². The van der Waals surface area contributed by atoms with Gasteiger partial charge in [-0.05, 0) is 31.0 Å². The highest BCUT2D eigenvalue weighted by Gasteiger charge is 2.12. The molecule has 0 bridgehead atoms. The van der Waals surface area contributed by atoms with E-state index in [0.717, 1.165) is 18.0 Å². The lowest BCUT2D eigenvalue weighted by molar-refractivity contribution is 0.474. The summed E-state index contributed by atoms with van der Waals surface area (Å²) in [5, 5.41) is 4.49. The molecule has 0 radical (unpaired) electrons. The van der Waals surface area contributed by atoms with Crippen LogP contribution in [-0.4, -0.2) is 6.54 Å². The van der Waals surface area contributed by atoms with Gasteiger partial charge in [-0.1, -0.05) is 62.9 Å². The summed E-state index contributed by atoms with van der Waals surface area (Å²) < 4.78 is 0. The first-order chi connectivity index (χ1) is 8.29. The van der Waals surface area contributed by atoms with Gasteiger partial charge in [-0.3, -0.25) is 0 Å². The Morgan fingerprint density at radius 1 is 1.12 bits per heavy atom. The largest absolute Gasteiger partial charge is 0.310 e. The van der Waals surface area contributed by atoms with E-state index in [0.29, 0.717) is 6.04 Å². The molecular formula is C15H24ClN. The minimum Gasteiger partial charge on any atom is -0.310 e. The Morgan fingerprint density at radius 3 is 2.53 bits per heavy atom. The first kappa shape index (κ1) is 14.5. The molecule has 0 heterocycles. The third-order valence-corrected chi connectivity index (χ3v) is 3.36. The third-order valence-electron chi connectivity index (χ3n) is 3.02. The first-order valence-corrected chi connectivity index (χ1v) is 7.15. The number of nitrogens with one attached hydrogen (secondary N) is 1. The molecule has 2 heteroatoms. The Morgan fingerprint density at radius 2 is 1.88 bits per heavy atom. The zero-order chi connectivity index (χ0) is 12.5. The van der Waals surface area contributed by atoms with Crippen LogP contribution in [0.1, 0.15) is 57.6 Å². The zero-order valence-corrected chi connectivity index (χ0v) is 11.8. The van der Waals surface area contributed by atoms with E-state index >= 15 is 0 Å². The normalized spacial score (nSPS) is 12.6. The number of benzene rings is 1. The molecule has 1 rings (SSSR count). The molecule has 1 N–H and O–H groups in total. The maximum atomic E-state index is 6.27. The number of hydrogen-bond donors (Lipinski definition) is 1. The monoisotopic (exact) mass is 253 g/mol. The summed E-state index contributed by atoms with van der Waals surface area (Å²) >= 11 is 6.27. The van der Waals surface area contributed by atoms with Gasteiger partial charge in [0.1, 0.15) is 0 Å². The van der Waals surface area contributed by atoms with Gasteiger partial charge in [0.05, 0.1) is 0 Å². The smallest absolute Gasteiger partial charge is 0.0453 e. The molecule has 0 amide bonds. The second-order valence-electron chi connectivity index (χ2n) is 4.52. The fourth-order valence-electron chi connectivity index (χ4n) is 2.04. The summed E-state index contributed by atoms with van der Waals surface area (Å²) in [6, 6.07) is 8.60. The highest BCUT2D eigenvalue weighted by atomic mass is 35.5. The molecule has 0 aliphatic rings. The average molecular weight is 254 g/mol. The van der Waals surface area contributed by atoms with Gasteiger partial charge in [-0.2, -0.15) is 0 Å². The maximum absolute atomic E-state index is 6.27. The average Bonchev–Trinajstić information content (AvgIpc) is 2.35. The Labute approximate surface area is 111 Å². The predicted octanol–water partition coefficient (Wildman–Crippen LogP) is 4.96. The van der Waals surface area contributed by atoms with Crippen LogP contribution in [-0.2, 0) is 0 Å². The molecule has 1 unspecified atom stereocenters. The van der Waals surface area contributed by atoms with Crippen molar-refractivity contribution in [2.24, 2.45) is 0 Å². The van der Waals surface area contributed by atoms with E-state index in [1.807, 2.05) is 12.1 Å². The van der Waals surface area contributed by atoms with E-state index in [4.69, 9.17) is 11.6 Å². The molecule has 0 saturated carbocycles. The number of unbranched alkanes of at least 4 members (excludes halogenated alkanes) is 2. The van der Waals surface area contributed by atoms with Crippen molar-refractivity contribution in [1.29, 1.82) is 0 Å². The highest BCUT2D eigenvalue weighted by molar-refractivity contribution is 6.31. The van der Waals surface area contributed by atoms with Crippen LogP contribution in [0.3, 0.4) is 0 Å². The Bertz CT molecular complexity index is 312. The molecule has 1 aromatic carbocycles. The van der Waals surface area contributed by atoms with Crippen LogP contribution in [0.2, 0.25) is 5.02 Å². The highest BCUT2D eigenvalue weighted by Crippen LogP contribution is 2.26. The molecule has 0 aliphatic carbocycles. The number of hydrogen-bond acceptors (Lipinski definition) is 1. The quantitative estimate of drug-likeness (QED) is 0.646. The van der Waals surface area contributed by atoms with Crippen molar-refractivity contribution in [3.8, 4) is 0 Å². The molecule has 0 saturated heterocycles. The van der Waals surface area contributed by atoms with E-state index in [9.17, 15) is 0 Å². The van der Waals surface area contributed by atoms with Gasteiger partial charge < -0.3 is 5.32 Å². The van der Waals surface area contributed by atoms with Gasteiger partial charge in [0.15, 0.2) is 0 Å². The Hall–Kier alpha value is -0.530. The molecule has 1 aromatic rings. The summed E-state index contributed by atoms with van der Waals surface area (Å²) in [4.78, 5) is 0. The molecule has 17 heavy (non-hydrogen) atoms. The second kappa shape index (κ2) is 8.54. The molecule has 1 atom stereocenters. The van der Waals surface area contributed by atoms with E-state index in [1.54, 1.807) is 0 Å². The van der Waals surface area contributed by atoms with Crippen LogP contribution in [0.25, 0.3) is 0 Å². The van der Waals surface area contributed by atoms with E-state index in [1.165, 1.54) is 31.2 Å². The molecule has 1 nitrogen and oxygen atoms in total. The van der Waals surface area contributed by atoms with Crippen molar-refractivity contribution < 1.29 is 0 Å². The van der Waals surface area contributed by atoms with Crippen LogP contribution in [0, 0.1) is 0 Å². The lowest BCUT2D eigenvalue weighted by Gasteiger charge is -2.20. The summed E-state index contributed by atoms with van der Waals surface area (Å²) in [5.41, 5.74) is 1.25. The molecular weight excluding hydrogens is 230 g/mol. The minimum absolute atomic E-state index is 0.412. The van der Waals surface area contributed by atoms with Gasteiger partial charge >= 0.3 is 0 Å². The zero-order valence-electron chi connectivity index (χ0n) is 11.0. The fourth-order valence-corrected chi connectivity index (χ4v) is 2.31.